The van der Waals surface area contributed by atoms with Crippen molar-refractivity contribution >= 4 is 75.8 Å². The van der Waals surface area contributed by atoms with E-state index in [1.54, 1.807) is 0 Å². The average molecular weight is 723 g/mol. The summed E-state index contributed by atoms with van der Waals surface area (Å²) in [6.45, 7) is 0. The summed E-state index contributed by atoms with van der Waals surface area (Å²) >= 11 is 0. The lowest BCUT2D eigenvalue weighted by atomic mass is 9.82. The Bertz CT molecular complexity index is 3520. The minimum atomic E-state index is 0.890. The molecule has 11 aromatic carbocycles. The van der Waals surface area contributed by atoms with Crippen LogP contribution >= 0.6 is 0 Å². The molecule has 1 heterocycles. The molecule has 0 amide bonds. The van der Waals surface area contributed by atoms with E-state index in [4.69, 9.17) is 4.42 Å². The normalized spacial score (nSPS) is 11.9. The molecule has 0 aliphatic heterocycles. The third kappa shape index (κ3) is 4.76. The van der Waals surface area contributed by atoms with Crippen LogP contribution in [0.5, 0.6) is 0 Å². The van der Waals surface area contributed by atoms with Crippen molar-refractivity contribution in [2.75, 3.05) is 0 Å². The second-order valence-electron chi connectivity index (χ2n) is 15.1. The van der Waals surface area contributed by atoms with Crippen LogP contribution in [0.4, 0.5) is 0 Å². The van der Waals surface area contributed by atoms with Crippen molar-refractivity contribution in [3.8, 4) is 44.5 Å². The van der Waals surface area contributed by atoms with Crippen LogP contribution < -0.4 is 0 Å². The minimum Gasteiger partial charge on any atom is -0.455 e. The Morgan fingerprint density at radius 3 is 1.44 bits per heavy atom. The molecular weight excluding hydrogens is 689 g/mol. The van der Waals surface area contributed by atoms with Gasteiger partial charge in [0, 0.05) is 16.3 Å². The van der Waals surface area contributed by atoms with Gasteiger partial charge in [0.05, 0.1) is 0 Å². The van der Waals surface area contributed by atoms with E-state index in [2.05, 4.69) is 206 Å². The molecule has 0 N–H and O–H groups in total. The first-order chi connectivity index (χ1) is 28.3. The van der Waals surface area contributed by atoms with Gasteiger partial charge in [-0.05, 0) is 105 Å². The number of hydrogen-bond donors (Lipinski definition) is 0. The van der Waals surface area contributed by atoms with Crippen molar-refractivity contribution in [1.82, 2.24) is 0 Å². The molecule has 12 aromatic rings. The SMILES string of the molecule is c1ccc(-c2cc3ccccc3c3ccccc23)c(-c2c3ccccc3c(-c3cccc4oc5c(-c6cccc7ccccc67)cccc5c34)c3ccccc23)c1. The zero-order valence-corrected chi connectivity index (χ0v) is 31.0. The quantitative estimate of drug-likeness (QED) is 0.130. The fourth-order valence-electron chi connectivity index (χ4n) is 9.65. The Labute approximate surface area is 329 Å². The molecule has 1 aromatic heterocycles. The Hall–Kier alpha value is -7.48. The monoisotopic (exact) mass is 722 g/mol. The highest BCUT2D eigenvalue weighted by Crippen LogP contribution is 2.50. The van der Waals surface area contributed by atoms with Crippen LogP contribution in [0.1, 0.15) is 0 Å². The zero-order chi connectivity index (χ0) is 37.5. The third-order valence-corrected chi connectivity index (χ3v) is 12.1. The van der Waals surface area contributed by atoms with Gasteiger partial charge in [-0.15, -0.1) is 0 Å². The molecule has 1 nitrogen and oxygen atoms in total. The van der Waals surface area contributed by atoms with Gasteiger partial charge in [-0.25, -0.2) is 0 Å². The van der Waals surface area contributed by atoms with Gasteiger partial charge in [-0.2, -0.15) is 0 Å². The highest BCUT2D eigenvalue weighted by Gasteiger charge is 2.23. The molecule has 1 heteroatoms. The Morgan fingerprint density at radius 1 is 0.246 bits per heavy atom. The molecule has 0 saturated heterocycles. The first-order valence-corrected chi connectivity index (χ1v) is 19.7. The molecule has 0 spiro atoms. The number of fused-ring (bicyclic) bond motifs is 9. The molecule has 0 fully saturated rings. The van der Waals surface area contributed by atoms with Crippen molar-refractivity contribution < 1.29 is 4.42 Å². The summed E-state index contributed by atoms with van der Waals surface area (Å²) in [6, 6.07) is 75.2. The summed E-state index contributed by atoms with van der Waals surface area (Å²) in [5.74, 6) is 0. The summed E-state index contributed by atoms with van der Waals surface area (Å²) in [4.78, 5) is 0. The second kappa shape index (κ2) is 12.5. The van der Waals surface area contributed by atoms with Gasteiger partial charge in [-0.3, -0.25) is 0 Å². The van der Waals surface area contributed by atoms with Crippen molar-refractivity contribution in [2.45, 2.75) is 0 Å². The lowest BCUT2D eigenvalue weighted by Gasteiger charge is -2.21. The maximum Gasteiger partial charge on any atom is 0.143 e. The molecule has 0 aliphatic rings. The summed E-state index contributed by atoms with van der Waals surface area (Å²) in [7, 11) is 0. The van der Waals surface area contributed by atoms with E-state index in [1.807, 2.05) is 0 Å². The molecule has 0 bridgehead atoms. The maximum atomic E-state index is 6.90. The number of benzene rings is 11. The fraction of sp³-hybridized carbons (Fsp3) is 0. The van der Waals surface area contributed by atoms with Crippen molar-refractivity contribution in [3.63, 3.8) is 0 Å². The van der Waals surface area contributed by atoms with E-state index < -0.39 is 0 Å². The lowest BCUT2D eigenvalue weighted by Crippen LogP contribution is -1.93. The molecule has 0 unspecified atom stereocenters. The number of hydrogen-bond acceptors (Lipinski definition) is 1. The average Bonchev–Trinajstić information content (AvgIpc) is 3.67. The number of rotatable bonds is 4. The van der Waals surface area contributed by atoms with Crippen LogP contribution in [0, 0.1) is 0 Å². The third-order valence-electron chi connectivity index (χ3n) is 12.1. The van der Waals surface area contributed by atoms with Crippen LogP contribution in [-0.4, -0.2) is 0 Å². The molecule has 57 heavy (non-hydrogen) atoms. The van der Waals surface area contributed by atoms with Crippen LogP contribution in [0.3, 0.4) is 0 Å². The molecule has 0 radical (unpaired) electrons. The first kappa shape index (κ1) is 31.8. The fourth-order valence-corrected chi connectivity index (χ4v) is 9.65. The molecule has 0 aliphatic carbocycles. The Kier molecular flexibility index (Phi) is 7.00. The number of para-hydroxylation sites is 1. The standard InChI is InChI=1S/C56H34O/c1-3-19-37-35(16-1)18-13-29-40(37)48-30-14-32-50-55-49(31-15-33-52(55)57-56(48)50)54-46-27-11-9-25-44(46)53(45-26-10-12-28-47(45)54)43-24-8-7-23-42(43)51-34-36-17-2-4-20-38(36)39-21-5-6-22-41(39)51/h1-34H. The van der Waals surface area contributed by atoms with E-state index in [1.165, 1.54) is 92.8 Å². The van der Waals surface area contributed by atoms with E-state index in [9.17, 15) is 0 Å². The van der Waals surface area contributed by atoms with Gasteiger partial charge in [0.1, 0.15) is 11.2 Å². The predicted octanol–water partition coefficient (Wildman–Crippen LogP) is 16.0. The van der Waals surface area contributed by atoms with Crippen LogP contribution in [-0.2, 0) is 0 Å². The van der Waals surface area contributed by atoms with Crippen LogP contribution in [0.25, 0.3) is 120 Å². The van der Waals surface area contributed by atoms with E-state index in [0.717, 1.165) is 27.5 Å². The van der Waals surface area contributed by atoms with Gasteiger partial charge >= 0.3 is 0 Å². The zero-order valence-electron chi connectivity index (χ0n) is 31.0. The second-order valence-corrected chi connectivity index (χ2v) is 15.1. The highest BCUT2D eigenvalue weighted by molar-refractivity contribution is 6.27. The maximum absolute atomic E-state index is 6.90. The summed E-state index contributed by atoms with van der Waals surface area (Å²) in [6.07, 6.45) is 0. The largest absolute Gasteiger partial charge is 0.455 e. The predicted molar refractivity (Wildman–Crippen MR) is 243 cm³/mol. The van der Waals surface area contributed by atoms with E-state index in [-0.39, 0.29) is 0 Å². The smallest absolute Gasteiger partial charge is 0.143 e. The Balaban J connectivity index is 1.15. The molecular formula is C56H34O. The van der Waals surface area contributed by atoms with Gasteiger partial charge in [-0.1, -0.05) is 194 Å². The summed E-state index contributed by atoms with van der Waals surface area (Å²) < 4.78 is 6.90. The van der Waals surface area contributed by atoms with Gasteiger partial charge in [0.15, 0.2) is 0 Å². The minimum absolute atomic E-state index is 0.890. The van der Waals surface area contributed by atoms with Gasteiger partial charge in [0.2, 0.25) is 0 Å². The highest BCUT2D eigenvalue weighted by atomic mass is 16.3. The molecule has 0 saturated carbocycles. The molecule has 12 rings (SSSR count). The lowest BCUT2D eigenvalue weighted by molar-refractivity contribution is 0.670. The van der Waals surface area contributed by atoms with E-state index in [0.29, 0.717) is 0 Å². The number of furan rings is 1. The van der Waals surface area contributed by atoms with Crippen LogP contribution in [0.2, 0.25) is 0 Å². The molecule has 264 valence electrons. The summed E-state index contributed by atoms with van der Waals surface area (Å²) in [5, 5.41) is 14.6. The summed E-state index contributed by atoms with van der Waals surface area (Å²) in [5.41, 5.74) is 11.4. The van der Waals surface area contributed by atoms with Crippen molar-refractivity contribution in [2.24, 2.45) is 0 Å². The topological polar surface area (TPSA) is 13.1 Å². The first-order valence-electron chi connectivity index (χ1n) is 19.7. The van der Waals surface area contributed by atoms with E-state index >= 15 is 0 Å². The Morgan fingerprint density at radius 2 is 0.702 bits per heavy atom. The molecule has 0 atom stereocenters. The van der Waals surface area contributed by atoms with Crippen molar-refractivity contribution in [1.29, 1.82) is 0 Å². The van der Waals surface area contributed by atoms with Crippen molar-refractivity contribution in [3.05, 3.63) is 206 Å². The van der Waals surface area contributed by atoms with Gasteiger partial charge < -0.3 is 4.42 Å². The van der Waals surface area contributed by atoms with Gasteiger partial charge in [0.25, 0.3) is 0 Å². The van der Waals surface area contributed by atoms with Crippen LogP contribution in [0.15, 0.2) is 211 Å².